The maximum atomic E-state index is 13.5. The molecule has 1 fully saturated rings. The molecule has 1 saturated heterocycles. The van der Waals surface area contributed by atoms with E-state index in [1.54, 1.807) is 29.7 Å². The Labute approximate surface area is 177 Å². The van der Waals surface area contributed by atoms with E-state index >= 15 is 0 Å². The second-order valence-electron chi connectivity index (χ2n) is 7.55. The maximum Gasteiger partial charge on any atom is 0.220 e. The SMILES string of the molecule is CN1CCN(Cc2cn3c(-c4ccnc(N)n4)c(-c4ccc(F)cc4)nc3s2)CC1. The summed E-state index contributed by atoms with van der Waals surface area (Å²) in [6.45, 7) is 5.20. The minimum atomic E-state index is -0.276. The van der Waals surface area contributed by atoms with E-state index in [9.17, 15) is 4.39 Å². The number of aromatic nitrogens is 4. The van der Waals surface area contributed by atoms with Crippen molar-refractivity contribution < 1.29 is 4.39 Å². The molecule has 0 atom stereocenters. The molecule has 0 unspecified atom stereocenters. The summed E-state index contributed by atoms with van der Waals surface area (Å²) in [5.41, 5.74) is 8.97. The van der Waals surface area contributed by atoms with Crippen LogP contribution in [0.5, 0.6) is 0 Å². The molecule has 0 amide bonds. The van der Waals surface area contributed by atoms with Gasteiger partial charge in [-0.3, -0.25) is 9.30 Å². The van der Waals surface area contributed by atoms with E-state index in [0.29, 0.717) is 5.69 Å². The highest BCUT2D eigenvalue weighted by molar-refractivity contribution is 7.17. The Hall–Kier alpha value is -2.88. The van der Waals surface area contributed by atoms with Crippen LogP contribution in [0.2, 0.25) is 0 Å². The fourth-order valence-corrected chi connectivity index (χ4v) is 4.77. The zero-order chi connectivity index (χ0) is 20.7. The number of fused-ring (bicyclic) bond motifs is 1. The van der Waals surface area contributed by atoms with Crippen LogP contribution in [0.25, 0.3) is 27.6 Å². The number of nitrogens with two attached hydrogens (primary N) is 1. The molecule has 3 aromatic heterocycles. The average molecular weight is 424 g/mol. The van der Waals surface area contributed by atoms with Gasteiger partial charge in [-0.25, -0.2) is 19.3 Å². The molecule has 4 aromatic rings. The van der Waals surface area contributed by atoms with Crippen LogP contribution in [0.15, 0.2) is 42.7 Å². The summed E-state index contributed by atoms with van der Waals surface area (Å²) in [7, 11) is 2.16. The van der Waals surface area contributed by atoms with E-state index in [1.165, 1.54) is 17.0 Å². The van der Waals surface area contributed by atoms with Crippen LogP contribution >= 0.6 is 11.3 Å². The normalized spacial score (nSPS) is 15.8. The Bertz CT molecular complexity index is 1180. The van der Waals surface area contributed by atoms with Crippen LogP contribution in [0.1, 0.15) is 4.88 Å². The van der Waals surface area contributed by atoms with Crippen molar-refractivity contribution in [2.24, 2.45) is 0 Å². The standard InChI is InChI=1S/C21H22FN7S/c1-27-8-10-28(11-9-27)12-16-13-29-19(17-6-7-24-20(23)25-17)18(26-21(29)30-16)14-2-4-15(22)5-3-14/h2-7,13H,8-12H2,1H3,(H2,23,24,25). The molecule has 0 radical (unpaired) electrons. The number of hydrogen-bond donors (Lipinski definition) is 1. The highest BCUT2D eigenvalue weighted by Crippen LogP contribution is 2.35. The van der Waals surface area contributed by atoms with Crippen LogP contribution < -0.4 is 5.73 Å². The van der Waals surface area contributed by atoms with Crippen LogP contribution in [-0.4, -0.2) is 62.4 Å². The molecule has 0 saturated carbocycles. The first-order chi connectivity index (χ1) is 14.6. The van der Waals surface area contributed by atoms with Crippen LogP contribution in [0.3, 0.4) is 0 Å². The molecule has 7 nitrogen and oxygen atoms in total. The van der Waals surface area contributed by atoms with Gasteiger partial charge in [0.15, 0.2) is 4.96 Å². The molecule has 1 aliphatic rings. The predicted molar refractivity (Wildman–Crippen MR) is 117 cm³/mol. The molecule has 30 heavy (non-hydrogen) atoms. The maximum absolute atomic E-state index is 13.5. The van der Waals surface area contributed by atoms with E-state index in [2.05, 4.69) is 37.4 Å². The smallest absolute Gasteiger partial charge is 0.220 e. The molecule has 5 rings (SSSR count). The lowest BCUT2D eigenvalue weighted by atomic mass is 10.1. The summed E-state index contributed by atoms with van der Waals surface area (Å²) in [4.78, 5) is 20.3. The van der Waals surface area contributed by atoms with Gasteiger partial charge in [0, 0.05) is 55.6 Å². The lowest BCUT2D eigenvalue weighted by molar-refractivity contribution is 0.149. The quantitative estimate of drug-likeness (QED) is 0.544. The largest absolute Gasteiger partial charge is 0.368 e. The van der Waals surface area contributed by atoms with E-state index in [0.717, 1.165) is 54.6 Å². The number of halogens is 1. The van der Waals surface area contributed by atoms with Gasteiger partial charge in [-0.05, 0) is 37.4 Å². The summed E-state index contributed by atoms with van der Waals surface area (Å²) in [5, 5.41) is 0. The third-order valence-corrected chi connectivity index (χ3v) is 6.35. The molecule has 2 N–H and O–H groups in total. The lowest BCUT2D eigenvalue weighted by Gasteiger charge is -2.31. The van der Waals surface area contributed by atoms with Crippen LogP contribution in [0, 0.1) is 5.82 Å². The van der Waals surface area contributed by atoms with Gasteiger partial charge in [-0.15, -0.1) is 0 Å². The Balaban J connectivity index is 1.57. The highest BCUT2D eigenvalue weighted by atomic mass is 32.1. The lowest BCUT2D eigenvalue weighted by Crippen LogP contribution is -2.43. The number of nitrogens with zero attached hydrogens (tertiary/aromatic N) is 6. The number of piperazine rings is 1. The first kappa shape index (κ1) is 19.1. The van der Waals surface area contributed by atoms with Crippen molar-refractivity contribution in [3.8, 4) is 22.6 Å². The molecular formula is C21H22FN7S. The van der Waals surface area contributed by atoms with Crippen LogP contribution in [0.4, 0.5) is 10.3 Å². The van der Waals surface area contributed by atoms with E-state index < -0.39 is 0 Å². The summed E-state index contributed by atoms with van der Waals surface area (Å²) >= 11 is 1.67. The number of nitrogen functional groups attached to an aromatic ring is 1. The van der Waals surface area contributed by atoms with Gasteiger partial charge in [0.05, 0.1) is 11.4 Å². The number of imidazole rings is 1. The number of thiazole rings is 1. The van der Waals surface area contributed by atoms with Crippen molar-refractivity contribution in [3.05, 3.63) is 53.4 Å². The van der Waals surface area contributed by atoms with Gasteiger partial charge in [0.1, 0.15) is 11.5 Å². The Morgan fingerprint density at radius 3 is 2.57 bits per heavy atom. The number of rotatable bonds is 4. The Morgan fingerprint density at radius 2 is 1.83 bits per heavy atom. The molecule has 0 aliphatic carbocycles. The summed E-state index contributed by atoms with van der Waals surface area (Å²) in [6, 6.07) is 8.19. The molecule has 154 valence electrons. The first-order valence-corrected chi connectivity index (χ1v) is 10.6. The predicted octanol–water partition coefficient (Wildman–Crippen LogP) is 2.99. The first-order valence-electron chi connectivity index (χ1n) is 9.83. The summed E-state index contributed by atoms with van der Waals surface area (Å²) in [6.07, 6.45) is 3.77. The molecule has 4 heterocycles. The minimum Gasteiger partial charge on any atom is -0.368 e. The number of likely N-dealkylation sites (N-methyl/N-ethyl adjacent to an activating group) is 1. The topological polar surface area (TPSA) is 75.6 Å². The second-order valence-corrected chi connectivity index (χ2v) is 8.64. The molecule has 1 aromatic carbocycles. The number of benzene rings is 1. The molecule has 9 heteroatoms. The average Bonchev–Trinajstić information content (AvgIpc) is 3.27. The molecule has 0 bridgehead atoms. The number of anilines is 1. The van der Waals surface area contributed by atoms with E-state index in [1.807, 2.05) is 6.07 Å². The Morgan fingerprint density at radius 1 is 1.07 bits per heavy atom. The third-order valence-electron chi connectivity index (χ3n) is 5.38. The summed E-state index contributed by atoms with van der Waals surface area (Å²) in [5.74, 6) is -0.0672. The van der Waals surface area contributed by atoms with Gasteiger partial charge < -0.3 is 10.6 Å². The van der Waals surface area contributed by atoms with Crippen molar-refractivity contribution in [1.29, 1.82) is 0 Å². The third kappa shape index (κ3) is 3.67. The van der Waals surface area contributed by atoms with Gasteiger partial charge in [-0.1, -0.05) is 11.3 Å². The zero-order valence-corrected chi connectivity index (χ0v) is 17.4. The molecular weight excluding hydrogens is 401 g/mol. The van der Waals surface area contributed by atoms with Gasteiger partial charge >= 0.3 is 0 Å². The van der Waals surface area contributed by atoms with E-state index in [4.69, 9.17) is 10.7 Å². The number of hydrogen-bond acceptors (Lipinski definition) is 7. The Kier molecular flexibility index (Phi) is 4.93. The van der Waals surface area contributed by atoms with Crippen molar-refractivity contribution >= 4 is 22.2 Å². The van der Waals surface area contributed by atoms with Gasteiger partial charge in [-0.2, -0.15) is 0 Å². The van der Waals surface area contributed by atoms with Gasteiger partial charge in [0.2, 0.25) is 5.95 Å². The van der Waals surface area contributed by atoms with Crippen molar-refractivity contribution in [2.45, 2.75) is 6.54 Å². The summed E-state index contributed by atoms with van der Waals surface area (Å²) < 4.78 is 15.5. The zero-order valence-electron chi connectivity index (χ0n) is 16.6. The molecule has 1 aliphatic heterocycles. The van der Waals surface area contributed by atoms with Crippen molar-refractivity contribution in [1.82, 2.24) is 29.2 Å². The van der Waals surface area contributed by atoms with E-state index in [-0.39, 0.29) is 11.8 Å². The highest BCUT2D eigenvalue weighted by Gasteiger charge is 2.21. The fourth-order valence-electron chi connectivity index (χ4n) is 3.75. The minimum absolute atomic E-state index is 0.209. The van der Waals surface area contributed by atoms with Crippen molar-refractivity contribution in [2.75, 3.05) is 39.0 Å². The van der Waals surface area contributed by atoms with Gasteiger partial charge in [0.25, 0.3) is 0 Å². The fraction of sp³-hybridized carbons (Fsp3) is 0.286. The van der Waals surface area contributed by atoms with Crippen molar-refractivity contribution in [3.63, 3.8) is 0 Å². The molecule has 0 spiro atoms. The van der Waals surface area contributed by atoms with Crippen LogP contribution in [-0.2, 0) is 6.54 Å². The second kappa shape index (κ2) is 7.75. The monoisotopic (exact) mass is 423 g/mol.